The number of primary amides is 1. The number of carboxylic acid groups (broad SMARTS) is 1. The van der Waals surface area contributed by atoms with Gasteiger partial charge in [-0.05, 0) is 113 Å². The maximum atomic E-state index is 14.8. The number of carbonyl (C=O) groups excluding carboxylic acids is 11. The number of nitrogens with zero attached hydrogens (tertiary/aromatic N) is 6. The lowest BCUT2D eigenvalue weighted by Gasteiger charge is -2.34. The van der Waals surface area contributed by atoms with Crippen molar-refractivity contribution in [2.24, 2.45) is 72.7 Å². The molecule has 3 aromatic rings. The number of fused-ring (bicyclic) bond motifs is 1. The largest absolute Gasteiger partial charge is 0.497 e. The molecular formula is C66H99N23O20. The van der Waals surface area contributed by atoms with Gasteiger partial charge < -0.3 is 113 Å². The van der Waals surface area contributed by atoms with Gasteiger partial charge >= 0.3 is 11.6 Å². The number of aliphatic carboxylic acids is 1. The molecule has 0 unspecified atom stereocenters. The van der Waals surface area contributed by atoms with E-state index < -0.39 is 190 Å². The van der Waals surface area contributed by atoms with Gasteiger partial charge in [0.15, 0.2) is 29.2 Å². The fourth-order valence-electron chi connectivity index (χ4n) is 11.4. The molecule has 43 heteroatoms. The van der Waals surface area contributed by atoms with Crippen LogP contribution in [0.4, 0.5) is 17.1 Å². The molecule has 1 aliphatic rings. The van der Waals surface area contributed by atoms with E-state index >= 15 is 0 Å². The first kappa shape index (κ1) is 89.1. The van der Waals surface area contributed by atoms with E-state index in [-0.39, 0.29) is 131 Å². The lowest BCUT2D eigenvalue weighted by Crippen LogP contribution is -2.63. The topological polar surface area (TPSA) is 708 Å². The van der Waals surface area contributed by atoms with E-state index in [0.717, 1.165) is 30.0 Å². The number of rotatable bonds is 46. The fraction of sp³-hybridized carbons (Fsp3) is 0.545. The quantitative estimate of drug-likeness (QED) is 0.00484. The summed E-state index contributed by atoms with van der Waals surface area (Å²) in [4.78, 5) is 214. The first-order valence-corrected chi connectivity index (χ1v) is 34.7. The Hall–Kier alpha value is -12.3. The van der Waals surface area contributed by atoms with E-state index in [1.165, 1.54) is 13.2 Å². The first-order valence-electron chi connectivity index (χ1n) is 34.7. The fourth-order valence-corrected chi connectivity index (χ4v) is 11.4. The zero-order valence-electron chi connectivity index (χ0n) is 61.3. The molecule has 1 aromatic heterocycles. The maximum absolute atomic E-state index is 14.8. The molecule has 26 N–H and O–H groups in total. The highest BCUT2D eigenvalue weighted by molar-refractivity contribution is 6.13. The second-order valence-electron chi connectivity index (χ2n) is 26.6. The smallest absolute Gasteiger partial charge is 0.336 e. The highest BCUT2D eigenvalue weighted by Crippen LogP contribution is 2.31. The number of nitrogens with one attached hydrogen (secondary N) is 9. The minimum Gasteiger partial charge on any atom is -0.497 e. The number of non-ortho nitro benzene ring substituents is 1. The van der Waals surface area contributed by atoms with Crippen molar-refractivity contribution in [2.75, 3.05) is 51.7 Å². The summed E-state index contributed by atoms with van der Waals surface area (Å²) in [6.45, 7) is 6.19. The van der Waals surface area contributed by atoms with E-state index in [1.807, 2.05) is 0 Å². The van der Waals surface area contributed by atoms with Gasteiger partial charge in [0, 0.05) is 69.2 Å². The van der Waals surface area contributed by atoms with Crippen LogP contribution in [0.3, 0.4) is 0 Å². The molecule has 1 aliphatic heterocycles. The number of ether oxygens (including phenoxy) is 1. The number of hydrogen-bond donors (Lipinski definition) is 18. The van der Waals surface area contributed by atoms with Crippen LogP contribution in [0.15, 0.2) is 66.7 Å². The number of methoxy groups -OCH3 is 1. The lowest BCUT2D eigenvalue weighted by atomic mass is 9.84. The van der Waals surface area contributed by atoms with Gasteiger partial charge in [-0.3, -0.25) is 92.7 Å². The monoisotopic (exact) mass is 1530 g/mol. The van der Waals surface area contributed by atoms with Crippen LogP contribution in [0.25, 0.3) is 11.0 Å². The zero-order valence-corrected chi connectivity index (χ0v) is 61.3. The van der Waals surface area contributed by atoms with E-state index in [1.54, 1.807) is 39.8 Å². The molecule has 1 fully saturated rings. The van der Waals surface area contributed by atoms with Crippen molar-refractivity contribution in [3.05, 3.63) is 78.7 Å². The van der Waals surface area contributed by atoms with Crippen molar-refractivity contribution in [1.82, 2.24) is 47.4 Å². The van der Waals surface area contributed by atoms with Crippen LogP contribution < -0.4 is 104 Å². The summed E-state index contributed by atoms with van der Waals surface area (Å²) in [6.07, 6.45) is -2.14. The van der Waals surface area contributed by atoms with Crippen molar-refractivity contribution in [1.29, 1.82) is 0 Å². The Labute approximate surface area is 624 Å². The number of amides is 10. The minimum atomic E-state index is -2.32. The SMILES string of the molecule is COc1ccc2c(CC(=O)[C@](N)(CCCN=C(N)N)C(=O)N3CCC[C@H]3C(=O)N[C@@H](CC(C)C)C(=O)NCC(=O)N[C@@H](CC(C)C)C(=O)N[C@@H](CNc3ccc([N+](=O)[O-])cc3[N+](=O)[O-])C(=O)N[C@@H](C)C(=O)N[C@H](CCCN=C(N)N)C(=O)N[C@H](CCC(=O)O)C(=O)N[C@H](CCCN=C(N)N)C(N)=O)cc(=O)oc2c1. The highest BCUT2D eigenvalue weighted by Gasteiger charge is 2.48. The molecule has 109 heavy (non-hydrogen) atoms. The van der Waals surface area contributed by atoms with Crippen LogP contribution in [-0.4, -0.2) is 209 Å². The van der Waals surface area contributed by atoms with E-state index in [4.69, 9.17) is 55.0 Å². The van der Waals surface area contributed by atoms with Gasteiger partial charge in [0.2, 0.25) is 53.2 Å². The highest BCUT2D eigenvalue weighted by atomic mass is 16.6. The average molecular weight is 1530 g/mol. The van der Waals surface area contributed by atoms with E-state index in [0.29, 0.717) is 17.2 Å². The molecule has 0 aliphatic carbocycles. The van der Waals surface area contributed by atoms with Gasteiger partial charge in [-0.25, -0.2) is 4.79 Å². The Bertz CT molecular complexity index is 3970. The molecule has 4 rings (SSSR count). The summed E-state index contributed by atoms with van der Waals surface area (Å²) in [5.74, 6) is -13.5. The molecule has 0 bridgehead atoms. The number of ketones is 1. The summed E-state index contributed by atoms with van der Waals surface area (Å²) in [6, 6.07) is -4.13. The molecule has 1 saturated heterocycles. The summed E-state index contributed by atoms with van der Waals surface area (Å²) in [5, 5.41) is 56.0. The number of nitro benzene ring substituents is 2. The second-order valence-corrected chi connectivity index (χ2v) is 26.6. The molecule has 598 valence electrons. The summed E-state index contributed by atoms with van der Waals surface area (Å²) in [5.41, 5.74) is 40.4. The van der Waals surface area contributed by atoms with Gasteiger partial charge in [-0.2, -0.15) is 0 Å². The third kappa shape index (κ3) is 28.8. The Balaban J connectivity index is 1.59. The standard InChI is InChI=1S/C66H99N23O20/c1-33(2)25-44(85-61(102)47-13-9-24-87(47)62(103)66(74,20-10-23-77-65(72)73)50(90)27-36-28-53(94)109-49-30-38(108-6)15-16-39(36)49)56(97)79-32-51(91)81-45(26-34(3)4)59(100)86-46(31-78-40-17-14-37(88(104)105)29-48(40)89(106)107)60(101)80-35(5)55(96)83-42(12-8-22-76-64(70)71)57(98)84-43(18-19-52(92)93)58(99)82-41(54(67)95)11-7-21-75-63(68)69/h14-17,28-30,33-35,41-47,78H,7-13,18-27,31-32,74H2,1-6H3,(H2,67,95)(H,79,97)(H,80,101)(H,81,91)(H,82,99)(H,83,96)(H,84,98)(H,85,102)(H,86,100)(H,92,93)(H4,68,69,75)(H4,70,71,76)(H4,72,73,77)/t35-,41+,42+,43+,44-,45-,46-,47-,66+/m0/s1. The molecule has 2 heterocycles. The van der Waals surface area contributed by atoms with Crippen molar-refractivity contribution >= 4 is 117 Å². The summed E-state index contributed by atoms with van der Waals surface area (Å²) >= 11 is 0. The van der Waals surface area contributed by atoms with Crippen molar-refractivity contribution in [3.8, 4) is 5.75 Å². The van der Waals surface area contributed by atoms with E-state index in [9.17, 15) is 87.7 Å². The van der Waals surface area contributed by atoms with Crippen LogP contribution in [0.5, 0.6) is 5.75 Å². The lowest BCUT2D eigenvalue weighted by molar-refractivity contribution is -0.393. The average Bonchev–Trinajstić information content (AvgIpc) is 1.77. The number of Topliss-reactive ketones (excluding diaryl/α,β-unsaturated/α-hetero) is 1. The molecular weight excluding hydrogens is 1430 g/mol. The molecule has 0 saturated carbocycles. The van der Waals surface area contributed by atoms with Crippen LogP contribution in [0, 0.1) is 32.1 Å². The molecule has 9 atom stereocenters. The molecule has 0 radical (unpaired) electrons. The van der Waals surface area contributed by atoms with Crippen LogP contribution >= 0.6 is 0 Å². The Morgan fingerprint density at radius 1 is 0.651 bits per heavy atom. The Kier molecular flexibility index (Phi) is 34.9. The minimum absolute atomic E-state index is 0.0158. The van der Waals surface area contributed by atoms with Crippen molar-refractivity contribution in [2.45, 2.75) is 172 Å². The molecule has 43 nitrogen and oxygen atoms in total. The number of nitro groups is 2. The number of benzene rings is 2. The predicted molar refractivity (Wildman–Crippen MR) is 395 cm³/mol. The van der Waals surface area contributed by atoms with Crippen molar-refractivity contribution in [3.63, 3.8) is 0 Å². The van der Waals surface area contributed by atoms with Crippen LogP contribution in [0.1, 0.15) is 117 Å². The molecule has 0 spiro atoms. The van der Waals surface area contributed by atoms with Gasteiger partial charge in [-0.1, -0.05) is 27.7 Å². The van der Waals surface area contributed by atoms with Gasteiger partial charge in [0.25, 0.3) is 17.3 Å². The number of aliphatic imine (C=N–C) groups is 3. The van der Waals surface area contributed by atoms with Gasteiger partial charge in [0.05, 0.1) is 29.6 Å². The third-order valence-electron chi connectivity index (χ3n) is 17.0. The number of guanidine groups is 3. The molecule has 2 aromatic carbocycles. The van der Waals surface area contributed by atoms with E-state index in [2.05, 4.69) is 62.8 Å². The zero-order chi connectivity index (χ0) is 81.6. The molecule has 10 amide bonds. The van der Waals surface area contributed by atoms with Crippen LogP contribution in [0.2, 0.25) is 0 Å². The Morgan fingerprint density at radius 3 is 1.75 bits per heavy atom. The van der Waals surface area contributed by atoms with Crippen LogP contribution in [-0.2, 0) is 64.0 Å². The number of anilines is 1. The van der Waals surface area contributed by atoms with Crippen molar-refractivity contribution < 1.29 is 81.6 Å². The first-order chi connectivity index (χ1) is 51.2. The summed E-state index contributed by atoms with van der Waals surface area (Å²) < 4.78 is 10.6. The predicted octanol–water partition coefficient (Wildman–Crippen LogP) is -4.34. The number of likely N-dealkylation sites (tertiary alicyclic amines) is 1. The normalized spacial score (nSPS) is 14.9. The third-order valence-corrected chi connectivity index (χ3v) is 17.0. The van der Waals surface area contributed by atoms with Gasteiger partial charge in [0.1, 0.15) is 65.4 Å². The number of carboxylic acids is 1. The summed E-state index contributed by atoms with van der Waals surface area (Å²) in [7, 11) is 1.41. The second kappa shape index (κ2) is 42.7. The Morgan fingerprint density at radius 2 is 1.19 bits per heavy atom. The number of carbonyl (C=O) groups is 12. The number of nitrogens with two attached hydrogens (primary N) is 8. The van der Waals surface area contributed by atoms with Gasteiger partial charge in [-0.15, -0.1) is 0 Å². The maximum Gasteiger partial charge on any atom is 0.336 e. The number of hydrogen-bond acceptors (Lipinski definition) is 24.